The number of ether oxygens (including phenoxy) is 1. The molecule has 102 valence electrons. The highest BCUT2D eigenvalue weighted by molar-refractivity contribution is 7.14. The van der Waals surface area contributed by atoms with E-state index in [-0.39, 0.29) is 0 Å². The number of halogens is 2. The summed E-state index contributed by atoms with van der Waals surface area (Å²) in [6, 6.07) is 5.35. The van der Waals surface area contributed by atoms with Crippen LogP contribution in [0.5, 0.6) is 0 Å². The molecule has 0 bridgehead atoms. The first-order chi connectivity index (χ1) is 9.20. The van der Waals surface area contributed by atoms with Gasteiger partial charge in [0.05, 0.1) is 11.6 Å². The van der Waals surface area contributed by atoms with Gasteiger partial charge in [0.15, 0.2) is 0 Å². The lowest BCUT2D eigenvalue weighted by molar-refractivity contribution is 0.199. The highest BCUT2D eigenvalue weighted by Gasteiger charge is 2.10. The van der Waals surface area contributed by atoms with Gasteiger partial charge in [-0.3, -0.25) is 0 Å². The molecular formula is C12H13Cl2N3OS. The van der Waals surface area contributed by atoms with E-state index in [9.17, 15) is 0 Å². The Balaban J connectivity index is 2.04. The number of nitrogens with one attached hydrogen (secondary N) is 1. The lowest BCUT2D eigenvalue weighted by Crippen LogP contribution is -2.18. The van der Waals surface area contributed by atoms with Gasteiger partial charge in [0, 0.05) is 30.8 Å². The quantitative estimate of drug-likeness (QED) is 0.831. The second kappa shape index (κ2) is 7.17. The van der Waals surface area contributed by atoms with Crippen molar-refractivity contribution < 1.29 is 4.74 Å². The van der Waals surface area contributed by atoms with Crippen molar-refractivity contribution in [2.45, 2.75) is 6.54 Å². The minimum atomic E-state index is 0.586. The third-order valence-corrected chi connectivity index (χ3v) is 3.89. The average Bonchev–Trinajstić information content (AvgIpc) is 2.83. The molecule has 1 heterocycles. The molecule has 0 radical (unpaired) electrons. The van der Waals surface area contributed by atoms with Gasteiger partial charge >= 0.3 is 0 Å². The van der Waals surface area contributed by atoms with E-state index in [0.717, 1.165) is 22.1 Å². The van der Waals surface area contributed by atoms with Crippen LogP contribution in [0.25, 0.3) is 10.6 Å². The van der Waals surface area contributed by atoms with Crippen LogP contribution in [0.2, 0.25) is 10.0 Å². The fourth-order valence-electron chi connectivity index (χ4n) is 1.47. The summed E-state index contributed by atoms with van der Waals surface area (Å²) in [5.74, 6) is 0. The van der Waals surface area contributed by atoms with Gasteiger partial charge in [0.2, 0.25) is 0 Å². The Morgan fingerprint density at radius 2 is 2.16 bits per heavy atom. The highest BCUT2D eigenvalue weighted by atomic mass is 35.5. The molecule has 0 aliphatic carbocycles. The summed E-state index contributed by atoms with van der Waals surface area (Å²) in [6.07, 6.45) is 0. The van der Waals surface area contributed by atoms with Gasteiger partial charge in [-0.1, -0.05) is 34.5 Å². The van der Waals surface area contributed by atoms with Crippen molar-refractivity contribution in [3.63, 3.8) is 0 Å². The zero-order chi connectivity index (χ0) is 13.7. The molecule has 4 nitrogen and oxygen atoms in total. The molecule has 2 aromatic rings. The van der Waals surface area contributed by atoms with Crippen LogP contribution in [0.1, 0.15) is 5.01 Å². The maximum absolute atomic E-state index is 6.14. The van der Waals surface area contributed by atoms with Gasteiger partial charge < -0.3 is 10.1 Å². The SMILES string of the molecule is COCCNCc1nnc(-c2ccc(Cl)cc2Cl)s1. The molecule has 0 unspecified atom stereocenters. The molecule has 0 aliphatic rings. The molecule has 19 heavy (non-hydrogen) atoms. The van der Waals surface area contributed by atoms with Crippen LogP contribution in [0.3, 0.4) is 0 Å². The largest absolute Gasteiger partial charge is 0.383 e. The molecule has 1 aromatic carbocycles. The van der Waals surface area contributed by atoms with E-state index in [0.29, 0.717) is 23.2 Å². The molecular weight excluding hydrogens is 305 g/mol. The van der Waals surface area contributed by atoms with Crippen LogP contribution in [-0.4, -0.2) is 30.5 Å². The third kappa shape index (κ3) is 4.12. The Kier molecular flexibility index (Phi) is 5.54. The fraction of sp³-hybridized carbons (Fsp3) is 0.333. The Bertz CT molecular complexity index is 548. The summed E-state index contributed by atoms with van der Waals surface area (Å²) < 4.78 is 4.96. The van der Waals surface area contributed by atoms with Crippen LogP contribution >= 0.6 is 34.5 Å². The third-order valence-electron chi connectivity index (χ3n) is 2.39. The van der Waals surface area contributed by atoms with Crippen molar-refractivity contribution in [2.24, 2.45) is 0 Å². The van der Waals surface area contributed by atoms with Crippen LogP contribution in [0.4, 0.5) is 0 Å². The molecule has 1 aromatic heterocycles. The Morgan fingerprint density at radius 3 is 2.89 bits per heavy atom. The maximum Gasteiger partial charge on any atom is 0.149 e. The van der Waals surface area contributed by atoms with E-state index in [1.165, 1.54) is 11.3 Å². The summed E-state index contributed by atoms with van der Waals surface area (Å²) >= 11 is 13.5. The minimum Gasteiger partial charge on any atom is -0.383 e. The molecule has 0 saturated heterocycles. The van der Waals surface area contributed by atoms with E-state index in [4.69, 9.17) is 27.9 Å². The molecule has 0 spiro atoms. The van der Waals surface area contributed by atoms with Gasteiger partial charge in [-0.05, 0) is 18.2 Å². The molecule has 0 saturated carbocycles. The fourth-order valence-corrected chi connectivity index (χ4v) is 2.87. The average molecular weight is 318 g/mol. The van der Waals surface area contributed by atoms with Crippen LogP contribution in [0, 0.1) is 0 Å². The van der Waals surface area contributed by atoms with Crippen molar-refractivity contribution in [1.82, 2.24) is 15.5 Å². The highest BCUT2D eigenvalue weighted by Crippen LogP contribution is 2.32. The first kappa shape index (κ1) is 14.7. The molecule has 0 fully saturated rings. The predicted octanol–water partition coefficient (Wildman–Crippen LogP) is 3.25. The van der Waals surface area contributed by atoms with Crippen molar-refractivity contribution in [1.29, 1.82) is 0 Å². The minimum absolute atomic E-state index is 0.586. The van der Waals surface area contributed by atoms with E-state index in [2.05, 4.69) is 15.5 Å². The van der Waals surface area contributed by atoms with Crippen LogP contribution in [-0.2, 0) is 11.3 Å². The number of methoxy groups -OCH3 is 1. The smallest absolute Gasteiger partial charge is 0.149 e. The van der Waals surface area contributed by atoms with Crippen molar-refractivity contribution >= 4 is 34.5 Å². The van der Waals surface area contributed by atoms with Gasteiger partial charge in [-0.15, -0.1) is 10.2 Å². The van der Waals surface area contributed by atoms with Gasteiger partial charge in [-0.25, -0.2) is 0 Å². The topological polar surface area (TPSA) is 47.0 Å². The van der Waals surface area contributed by atoms with Crippen LogP contribution < -0.4 is 5.32 Å². The Hall–Kier alpha value is -0.720. The van der Waals surface area contributed by atoms with Crippen LogP contribution in [0.15, 0.2) is 18.2 Å². The number of rotatable bonds is 6. The number of hydrogen-bond donors (Lipinski definition) is 1. The second-order valence-corrected chi connectivity index (χ2v) is 5.70. The first-order valence-electron chi connectivity index (χ1n) is 5.68. The van der Waals surface area contributed by atoms with E-state index >= 15 is 0 Å². The maximum atomic E-state index is 6.14. The predicted molar refractivity (Wildman–Crippen MR) is 78.9 cm³/mol. The molecule has 1 N–H and O–H groups in total. The lowest BCUT2D eigenvalue weighted by atomic mass is 10.2. The summed E-state index contributed by atoms with van der Waals surface area (Å²) in [6.45, 7) is 2.13. The summed E-state index contributed by atoms with van der Waals surface area (Å²) in [4.78, 5) is 0. The number of aromatic nitrogens is 2. The van der Waals surface area contributed by atoms with E-state index in [1.54, 1.807) is 19.2 Å². The monoisotopic (exact) mass is 317 g/mol. The summed E-state index contributed by atoms with van der Waals surface area (Å²) in [5, 5.41) is 14.4. The second-order valence-electron chi connectivity index (χ2n) is 3.79. The summed E-state index contributed by atoms with van der Waals surface area (Å²) in [7, 11) is 1.67. The standard InChI is InChI=1S/C12H13Cl2N3OS/c1-18-5-4-15-7-11-16-17-12(19-11)9-3-2-8(13)6-10(9)14/h2-3,6,15H,4-5,7H2,1H3. The van der Waals surface area contributed by atoms with Crippen molar-refractivity contribution in [3.05, 3.63) is 33.3 Å². The molecule has 2 rings (SSSR count). The Morgan fingerprint density at radius 1 is 1.32 bits per heavy atom. The molecule has 0 atom stereocenters. The van der Waals surface area contributed by atoms with Crippen molar-refractivity contribution in [3.8, 4) is 10.6 Å². The number of hydrogen-bond acceptors (Lipinski definition) is 5. The number of nitrogens with zero attached hydrogens (tertiary/aromatic N) is 2. The van der Waals surface area contributed by atoms with Crippen molar-refractivity contribution in [2.75, 3.05) is 20.3 Å². The van der Waals surface area contributed by atoms with Gasteiger partial charge in [0.25, 0.3) is 0 Å². The molecule has 0 aliphatic heterocycles. The number of benzene rings is 1. The van der Waals surface area contributed by atoms with Gasteiger partial charge in [0.1, 0.15) is 10.0 Å². The van der Waals surface area contributed by atoms with E-state index < -0.39 is 0 Å². The summed E-state index contributed by atoms with van der Waals surface area (Å²) in [5.41, 5.74) is 0.853. The zero-order valence-electron chi connectivity index (χ0n) is 10.3. The normalized spacial score (nSPS) is 10.9. The van der Waals surface area contributed by atoms with E-state index in [1.807, 2.05) is 6.07 Å². The zero-order valence-corrected chi connectivity index (χ0v) is 12.6. The van der Waals surface area contributed by atoms with Gasteiger partial charge in [-0.2, -0.15) is 0 Å². The Labute approximate surface area is 125 Å². The molecule has 7 heteroatoms. The molecule has 0 amide bonds. The first-order valence-corrected chi connectivity index (χ1v) is 7.25. The lowest BCUT2D eigenvalue weighted by Gasteiger charge is -2.00.